The van der Waals surface area contributed by atoms with Gasteiger partial charge < -0.3 is 15.0 Å². The van der Waals surface area contributed by atoms with E-state index in [1.54, 1.807) is 7.11 Å². The van der Waals surface area contributed by atoms with Crippen molar-refractivity contribution in [1.29, 1.82) is 0 Å². The zero-order valence-corrected chi connectivity index (χ0v) is 11.9. The third-order valence-corrected chi connectivity index (χ3v) is 2.73. The Morgan fingerprint density at radius 2 is 1.94 bits per heavy atom. The smallest absolute Gasteiger partial charge is 0.119 e. The molecule has 1 N–H and O–H groups in total. The number of rotatable bonds is 7. The topological polar surface area (TPSA) is 24.5 Å². The molecule has 0 saturated heterocycles. The van der Waals surface area contributed by atoms with Gasteiger partial charge in [0.15, 0.2) is 0 Å². The lowest BCUT2D eigenvalue weighted by atomic mass is 10.2. The molecule has 3 heteroatoms. The van der Waals surface area contributed by atoms with Crippen LogP contribution < -0.4 is 15.0 Å². The van der Waals surface area contributed by atoms with Gasteiger partial charge in [0, 0.05) is 31.9 Å². The Kier molecular flexibility index (Phi) is 5.72. The second-order valence-electron chi connectivity index (χ2n) is 4.84. The van der Waals surface area contributed by atoms with Crippen LogP contribution in [0.4, 0.5) is 5.69 Å². The first-order valence-corrected chi connectivity index (χ1v) is 6.28. The molecule has 0 fully saturated rings. The van der Waals surface area contributed by atoms with Gasteiger partial charge in [0.05, 0.1) is 7.11 Å². The van der Waals surface area contributed by atoms with Crippen LogP contribution in [0.2, 0.25) is 0 Å². The summed E-state index contributed by atoms with van der Waals surface area (Å²) in [5.41, 5.74) is 2.35. The number of anilines is 1. The number of hydrogen-bond acceptors (Lipinski definition) is 3. The number of nitrogens with one attached hydrogen (secondary N) is 1. The van der Waals surface area contributed by atoms with Crippen molar-refractivity contribution in [2.45, 2.75) is 19.9 Å². The summed E-state index contributed by atoms with van der Waals surface area (Å²) in [6, 6.07) is 8.55. The molecule has 0 aliphatic heterocycles. The van der Waals surface area contributed by atoms with Crippen LogP contribution in [0.15, 0.2) is 36.4 Å². The zero-order valence-electron chi connectivity index (χ0n) is 11.9. The summed E-state index contributed by atoms with van der Waals surface area (Å²) in [7, 11) is 3.75. The van der Waals surface area contributed by atoms with E-state index in [1.165, 1.54) is 11.3 Å². The van der Waals surface area contributed by atoms with E-state index in [9.17, 15) is 0 Å². The quantitative estimate of drug-likeness (QED) is 0.751. The number of likely N-dealkylation sites (N-methyl/N-ethyl adjacent to an activating group) is 1. The number of benzene rings is 1. The Labute approximate surface area is 110 Å². The zero-order chi connectivity index (χ0) is 13.5. The summed E-state index contributed by atoms with van der Waals surface area (Å²) in [4.78, 5) is 2.18. The van der Waals surface area contributed by atoms with Gasteiger partial charge in [-0.2, -0.15) is 0 Å². The van der Waals surface area contributed by atoms with Gasteiger partial charge in [0.1, 0.15) is 5.75 Å². The molecule has 0 atom stereocenters. The van der Waals surface area contributed by atoms with Crippen LogP contribution in [0.3, 0.4) is 0 Å². The van der Waals surface area contributed by atoms with Gasteiger partial charge in [-0.05, 0) is 29.8 Å². The van der Waals surface area contributed by atoms with E-state index >= 15 is 0 Å². The monoisotopic (exact) mass is 248 g/mol. The van der Waals surface area contributed by atoms with Crippen molar-refractivity contribution in [1.82, 2.24) is 5.32 Å². The highest BCUT2D eigenvalue weighted by Crippen LogP contribution is 2.18. The van der Waals surface area contributed by atoms with Crippen molar-refractivity contribution in [3.63, 3.8) is 0 Å². The van der Waals surface area contributed by atoms with Crippen molar-refractivity contribution in [3.8, 4) is 5.75 Å². The fourth-order valence-electron chi connectivity index (χ4n) is 1.67. The third-order valence-electron chi connectivity index (χ3n) is 2.73. The van der Waals surface area contributed by atoms with Crippen molar-refractivity contribution in [3.05, 3.63) is 36.4 Å². The molecule has 0 bridgehead atoms. The molecular weight excluding hydrogens is 224 g/mol. The van der Waals surface area contributed by atoms with Crippen molar-refractivity contribution in [2.24, 2.45) is 0 Å². The highest BCUT2D eigenvalue weighted by Gasteiger charge is 2.04. The maximum absolute atomic E-state index is 5.15. The lowest BCUT2D eigenvalue weighted by molar-refractivity contribution is 0.415. The van der Waals surface area contributed by atoms with Crippen LogP contribution in [-0.4, -0.2) is 33.3 Å². The van der Waals surface area contributed by atoms with Crippen molar-refractivity contribution < 1.29 is 4.74 Å². The average molecular weight is 248 g/mol. The molecule has 0 aliphatic carbocycles. The Bertz CT molecular complexity index is 371. The minimum Gasteiger partial charge on any atom is -0.497 e. The molecule has 0 unspecified atom stereocenters. The fourth-order valence-corrected chi connectivity index (χ4v) is 1.67. The molecule has 0 radical (unpaired) electrons. The lowest BCUT2D eigenvalue weighted by Crippen LogP contribution is -2.29. The summed E-state index contributed by atoms with van der Waals surface area (Å²) in [5, 5.41) is 3.37. The standard InChI is InChI=1S/C15H24N2O/c1-12(2)16-10-13(3)11-17(4)14-6-8-15(18-5)9-7-14/h6-9,12,16H,3,10-11H2,1-2,4-5H3. The molecule has 1 rings (SSSR count). The van der Waals surface area contributed by atoms with Crippen LogP contribution >= 0.6 is 0 Å². The van der Waals surface area contributed by atoms with Crippen LogP contribution in [0, 0.1) is 0 Å². The number of nitrogens with zero attached hydrogens (tertiary/aromatic N) is 1. The summed E-state index contributed by atoms with van der Waals surface area (Å²) < 4.78 is 5.15. The minimum atomic E-state index is 0.494. The Morgan fingerprint density at radius 1 is 1.33 bits per heavy atom. The number of ether oxygens (including phenoxy) is 1. The molecule has 100 valence electrons. The maximum atomic E-state index is 5.15. The molecule has 3 nitrogen and oxygen atoms in total. The van der Waals surface area contributed by atoms with Gasteiger partial charge in [0.2, 0.25) is 0 Å². The maximum Gasteiger partial charge on any atom is 0.119 e. The summed E-state index contributed by atoms with van der Waals surface area (Å²) >= 11 is 0. The van der Waals surface area contributed by atoms with Gasteiger partial charge in [-0.1, -0.05) is 20.4 Å². The van der Waals surface area contributed by atoms with Gasteiger partial charge >= 0.3 is 0 Å². The van der Waals surface area contributed by atoms with Crippen LogP contribution in [0.1, 0.15) is 13.8 Å². The van der Waals surface area contributed by atoms with E-state index in [1.807, 2.05) is 12.1 Å². The summed E-state index contributed by atoms with van der Waals surface area (Å²) in [6.07, 6.45) is 0. The Balaban J connectivity index is 2.48. The minimum absolute atomic E-state index is 0.494. The summed E-state index contributed by atoms with van der Waals surface area (Å²) in [5.74, 6) is 0.882. The Morgan fingerprint density at radius 3 is 2.44 bits per heavy atom. The first-order chi connectivity index (χ1) is 8.52. The van der Waals surface area contributed by atoms with E-state index in [0.717, 1.165) is 18.8 Å². The van der Waals surface area contributed by atoms with E-state index in [4.69, 9.17) is 4.74 Å². The number of methoxy groups -OCH3 is 1. The normalized spacial score (nSPS) is 10.5. The molecule has 1 aromatic rings. The van der Waals surface area contributed by atoms with Crippen molar-refractivity contribution in [2.75, 3.05) is 32.1 Å². The predicted octanol–water partition coefficient (Wildman–Crippen LogP) is 2.69. The van der Waals surface area contributed by atoms with Gasteiger partial charge in [-0.25, -0.2) is 0 Å². The molecule has 18 heavy (non-hydrogen) atoms. The van der Waals surface area contributed by atoms with E-state index in [0.29, 0.717) is 6.04 Å². The average Bonchev–Trinajstić information content (AvgIpc) is 2.36. The molecule has 1 aromatic carbocycles. The second-order valence-corrected chi connectivity index (χ2v) is 4.84. The first kappa shape index (κ1) is 14.6. The summed E-state index contributed by atoms with van der Waals surface area (Å²) in [6.45, 7) is 10.1. The van der Waals surface area contributed by atoms with Gasteiger partial charge in [-0.15, -0.1) is 0 Å². The second kappa shape index (κ2) is 7.07. The molecule has 0 aliphatic rings. The molecule has 0 heterocycles. The first-order valence-electron chi connectivity index (χ1n) is 6.28. The van der Waals surface area contributed by atoms with E-state index in [2.05, 4.69) is 49.8 Å². The van der Waals surface area contributed by atoms with Crippen LogP contribution in [0.5, 0.6) is 5.75 Å². The molecule has 0 aromatic heterocycles. The lowest BCUT2D eigenvalue weighted by Gasteiger charge is -2.21. The van der Waals surface area contributed by atoms with Gasteiger partial charge in [-0.3, -0.25) is 0 Å². The predicted molar refractivity (Wildman–Crippen MR) is 78.5 cm³/mol. The fraction of sp³-hybridized carbons (Fsp3) is 0.467. The van der Waals surface area contributed by atoms with Crippen LogP contribution in [0.25, 0.3) is 0 Å². The largest absolute Gasteiger partial charge is 0.497 e. The molecule has 0 saturated carbocycles. The Hall–Kier alpha value is -1.48. The highest BCUT2D eigenvalue weighted by molar-refractivity contribution is 5.49. The number of hydrogen-bond donors (Lipinski definition) is 1. The third kappa shape index (κ3) is 4.80. The van der Waals surface area contributed by atoms with E-state index < -0.39 is 0 Å². The van der Waals surface area contributed by atoms with Gasteiger partial charge in [0.25, 0.3) is 0 Å². The molecular formula is C15H24N2O. The van der Waals surface area contributed by atoms with Crippen LogP contribution in [-0.2, 0) is 0 Å². The SMILES string of the molecule is C=C(CNC(C)C)CN(C)c1ccc(OC)cc1. The molecule has 0 amide bonds. The van der Waals surface area contributed by atoms with Crippen molar-refractivity contribution >= 4 is 5.69 Å². The van der Waals surface area contributed by atoms with E-state index in [-0.39, 0.29) is 0 Å². The highest BCUT2D eigenvalue weighted by atomic mass is 16.5. The molecule has 0 spiro atoms.